The van der Waals surface area contributed by atoms with Gasteiger partial charge < -0.3 is 15.2 Å². The average molecular weight is 509 g/mol. The van der Waals surface area contributed by atoms with Gasteiger partial charge in [-0.15, -0.1) is 24.0 Å². The Hall–Kier alpha value is -1.78. The van der Waals surface area contributed by atoms with E-state index >= 15 is 0 Å². The summed E-state index contributed by atoms with van der Waals surface area (Å²) < 4.78 is 40.5. The van der Waals surface area contributed by atoms with Gasteiger partial charge in [-0.05, 0) is 44.4 Å². The van der Waals surface area contributed by atoms with Crippen molar-refractivity contribution in [2.75, 3.05) is 13.1 Å². The Morgan fingerprint density at radius 3 is 2.64 bits per heavy atom. The number of halogens is 4. The zero-order valence-corrected chi connectivity index (χ0v) is 18.4. The maximum Gasteiger partial charge on any atom is 0.416 e. The third kappa shape index (κ3) is 8.07. The standard InChI is InChI=1S/C19H26F3N5.HI/c1-3-23-18(25-9-4-5-11-27-12-10-24-15(27)2)26-14-16-7-6-8-17(13-16)19(20,21)22;/h6-8,10,12-13H,3-5,9,11,14H2,1-2H3,(H2,23,25,26);1H. The molecule has 0 amide bonds. The second kappa shape index (κ2) is 11.9. The third-order valence-electron chi connectivity index (χ3n) is 4.06. The maximum absolute atomic E-state index is 12.8. The molecule has 0 spiro atoms. The molecule has 1 aromatic heterocycles. The number of unbranched alkanes of at least 4 members (excludes halogenated alkanes) is 1. The Balaban J connectivity index is 0.00000392. The number of aromatic nitrogens is 2. The minimum absolute atomic E-state index is 0. The number of guanidine groups is 1. The highest BCUT2D eigenvalue weighted by Gasteiger charge is 2.30. The van der Waals surface area contributed by atoms with Crippen molar-refractivity contribution < 1.29 is 13.2 Å². The zero-order chi connectivity index (χ0) is 19.7. The lowest BCUT2D eigenvalue weighted by Gasteiger charge is -2.12. The summed E-state index contributed by atoms with van der Waals surface area (Å²) in [4.78, 5) is 8.57. The van der Waals surface area contributed by atoms with E-state index in [9.17, 15) is 13.2 Å². The fourth-order valence-corrected chi connectivity index (χ4v) is 2.61. The molecule has 9 heteroatoms. The van der Waals surface area contributed by atoms with Crippen molar-refractivity contribution in [2.45, 2.75) is 46.0 Å². The molecular formula is C19H27F3IN5. The smallest absolute Gasteiger partial charge is 0.357 e. The van der Waals surface area contributed by atoms with Gasteiger partial charge >= 0.3 is 6.18 Å². The predicted octanol–water partition coefficient (Wildman–Crippen LogP) is 4.36. The predicted molar refractivity (Wildman–Crippen MR) is 116 cm³/mol. The van der Waals surface area contributed by atoms with E-state index in [1.807, 2.05) is 20.0 Å². The van der Waals surface area contributed by atoms with Gasteiger partial charge in [0.2, 0.25) is 0 Å². The Labute approximate surface area is 180 Å². The highest BCUT2D eigenvalue weighted by molar-refractivity contribution is 14.0. The molecule has 0 atom stereocenters. The highest BCUT2D eigenvalue weighted by atomic mass is 127. The van der Waals surface area contributed by atoms with Crippen molar-refractivity contribution >= 4 is 29.9 Å². The van der Waals surface area contributed by atoms with Crippen LogP contribution in [0, 0.1) is 6.92 Å². The summed E-state index contributed by atoms with van der Waals surface area (Å²) in [5, 5.41) is 6.34. The van der Waals surface area contributed by atoms with Crippen LogP contribution < -0.4 is 10.6 Å². The van der Waals surface area contributed by atoms with Crippen LogP contribution >= 0.6 is 24.0 Å². The molecule has 28 heavy (non-hydrogen) atoms. The largest absolute Gasteiger partial charge is 0.416 e. The van der Waals surface area contributed by atoms with Crippen molar-refractivity contribution in [1.29, 1.82) is 0 Å². The Morgan fingerprint density at radius 2 is 2.00 bits per heavy atom. The number of aliphatic imine (C=N–C) groups is 1. The van der Waals surface area contributed by atoms with Crippen LogP contribution in [0.4, 0.5) is 13.2 Å². The Bertz CT molecular complexity index is 743. The lowest BCUT2D eigenvalue weighted by Crippen LogP contribution is -2.37. The van der Waals surface area contributed by atoms with E-state index < -0.39 is 11.7 Å². The summed E-state index contributed by atoms with van der Waals surface area (Å²) in [5.74, 6) is 1.60. The summed E-state index contributed by atoms with van der Waals surface area (Å²) in [6.45, 7) is 6.44. The van der Waals surface area contributed by atoms with Crippen molar-refractivity contribution in [3.05, 3.63) is 53.6 Å². The Kier molecular flexibility index (Phi) is 10.3. The normalized spacial score (nSPS) is 11.8. The SMILES string of the molecule is CCNC(=NCc1cccc(C(F)(F)F)c1)NCCCCn1ccnc1C.I. The number of hydrogen-bond acceptors (Lipinski definition) is 2. The first-order valence-electron chi connectivity index (χ1n) is 9.06. The molecule has 0 radical (unpaired) electrons. The number of rotatable bonds is 8. The van der Waals surface area contributed by atoms with E-state index in [-0.39, 0.29) is 30.5 Å². The second-order valence-corrected chi connectivity index (χ2v) is 6.20. The number of aryl methyl sites for hydroxylation is 2. The number of hydrogen-bond donors (Lipinski definition) is 2. The van der Waals surface area contributed by atoms with E-state index in [4.69, 9.17) is 0 Å². The van der Waals surface area contributed by atoms with Crippen LogP contribution in [-0.2, 0) is 19.3 Å². The minimum atomic E-state index is -4.34. The number of benzene rings is 1. The van der Waals surface area contributed by atoms with Crippen LogP contribution in [0.3, 0.4) is 0 Å². The van der Waals surface area contributed by atoms with Crippen LogP contribution in [0.25, 0.3) is 0 Å². The molecule has 2 rings (SSSR count). The van der Waals surface area contributed by atoms with Gasteiger partial charge in [0.1, 0.15) is 5.82 Å². The molecule has 0 bridgehead atoms. The van der Waals surface area contributed by atoms with E-state index in [0.29, 0.717) is 18.1 Å². The number of nitrogens with zero attached hydrogens (tertiary/aromatic N) is 3. The Morgan fingerprint density at radius 1 is 1.21 bits per heavy atom. The van der Waals surface area contributed by atoms with E-state index in [1.165, 1.54) is 6.07 Å². The molecule has 0 saturated heterocycles. The first-order valence-corrected chi connectivity index (χ1v) is 9.06. The quantitative estimate of drug-likeness (QED) is 0.241. The van der Waals surface area contributed by atoms with Crippen LogP contribution in [0.15, 0.2) is 41.7 Å². The molecule has 1 heterocycles. The minimum Gasteiger partial charge on any atom is -0.357 e. The van der Waals surface area contributed by atoms with E-state index in [1.54, 1.807) is 12.3 Å². The molecule has 5 nitrogen and oxygen atoms in total. The molecule has 156 valence electrons. The van der Waals surface area contributed by atoms with E-state index in [0.717, 1.165) is 43.9 Å². The van der Waals surface area contributed by atoms with Gasteiger partial charge in [0.15, 0.2) is 5.96 Å². The summed E-state index contributed by atoms with van der Waals surface area (Å²) in [5.41, 5.74) is -0.124. The lowest BCUT2D eigenvalue weighted by molar-refractivity contribution is -0.137. The molecule has 0 unspecified atom stereocenters. The summed E-state index contributed by atoms with van der Waals surface area (Å²) in [7, 11) is 0. The molecule has 0 saturated carbocycles. The summed E-state index contributed by atoms with van der Waals surface area (Å²) in [6.07, 6.45) is 1.36. The van der Waals surface area contributed by atoms with Gasteiger partial charge in [0.05, 0.1) is 12.1 Å². The highest BCUT2D eigenvalue weighted by Crippen LogP contribution is 2.29. The van der Waals surface area contributed by atoms with Crippen LogP contribution in [0.5, 0.6) is 0 Å². The molecule has 2 N–H and O–H groups in total. The number of imidazole rings is 1. The maximum atomic E-state index is 12.8. The molecule has 2 aromatic rings. The number of alkyl halides is 3. The van der Waals surface area contributed by atoms with Gasteiger partial charge in [-0.2, -0.15) is 13.2 Å². The van der Waals surface area contributed by atoms with Gasteiger partial charge in [-0.3, -0.25) is 0 Å². The van der Waals surface area contributed by atoms with Gasteiger partial charge in [0, 0.05) is 32.0 Å². The first-order chi connectivity index (χ1) is 12.9. The molecular weight excluding hydrogens is 482 g/mol. The van der Waals surface area contributed by atoms with Crippen molar-refractivity contribution in [3.63, 3.8) is 0 Å². The molecule has 1 aromatic carbocycles. The fourth-order valence-electron chi connectivity index (χ4n) is 2.61. The van der Waals surface area contributed by atoms with Crippen LogP contribution in [0.1, 0.15) is 36.7 Å². The second-order valence-electron chi connectivity index (χ2n) is 6.20. The fraction of sp³-hybridized carbons (Fsp3) is 0.474. The average Bonchev–Trinajstić information content (AvgIpc) is 3.04. The van der Waals surface area contributed by atoms with Crippen molar-refractivity contribution in [1.82, 2.24) is 20.2 Å². The van der Waals surface area contributed by atoms with Crippen LogP contribution in [0.2, 0.25) is 0 Å². The third-order valence-corrected chi connectivity index (χ3v) is 4.06. The molecule has 0 aliphatic carbocycles. The summed E-state index contributed by atoms with van der Waals surface area (Å²) >= 11 is 0. The summed E-state index contributed by atoms with van der Waals surface area (Å²) in [6, 6.07) is 5.26. The molecule has 0 aliphatic heterocycles. The molecule has 0 fully saturated rings. The van der Waals surface area contributed by atoms with Crippen molar-refractivity contribution in [3.8, 4) is 0 Å². The van der Waals surface area contributed by atoms with Crippen molar-refractivity contribution in [2.24, 2.45) is 4.99 Å². The van der Waals surface area contributed by atoms with Gasteiger partial charge in [-0.1, -0.05) is 12.1 Å². The zero-order valence-electron chi connectivity index (χ0n) is 16.1. The van der Waals surface area contributed by atoms with E-state index in [2.05, 4.69) is 25.2 Å². The van der Waals surface area contributed by atoms with Crippen LogP contribution in [-0.4, -0.2) is 28.6 Å². The monoisotopic (exact) mass is 509 g/mol. The number of nitrogens with one attached hydrogen (secondary N) is 2. The van der Waals surface area contributed by atoms with Gasteiger partial charge in [0.25, 0.3) is 0 Å². The first kappa shape index (κ1) is 24.3. The topological polar surface area (TPSA) is 54.2 Å². The molecule has 0 aliphatic rings. The lowest BCUT2D eigenvalue weighted by atomic mass is 10.1. The van der Waals surface area contributed by atoms with Gasteiger partial charge in [-0.25, -0.2) is 9.98 Å².